The van der Waals surface area contributed by atoms with E-state index in [2.05, 4.69) is 0 Å². The van der Waals surface area contributed by atoms with Crippen LogP contribution in [0.1, 0.15) is 13.8 Å². The second kappa shape index (κ2) is 72.5. The van der Waals surface area contributed by atoms with Crippen molar-refractivity contribution in [3.63, 3.8) is 0 Å². The minimum atomic E-state index is -1.08. The fraction of sp³-hybridized carbons (Fsp3) is 0.500. The number of carbonyl (C=O) groups is 2. The summed E-state index contributed by atoms with van der Waals surface area (Å²) in [4.78, 5) is 17.8. The number of rotatable bonds is 0. The Kier molecular flexibility index (Phi) is 441. The molecule has 0 aliphatic heterocycles. The van der Waals surface area contributed by atoms with Crippen molar-refractivity contribution in [1.82, 2.24) is 0 Å². The normalized spacial score (nSPS) is 3.33. The first-order valence-electron chi connectivity index (χ1n) is 1.82. The molecule has 0 fully saturated rings. The molecule has 0 aliphatic carbocycles. The van der Waals surface area contributed by atoms with Crippen molar-refractivity contribution in [2.75, 3.05) is 0 Å². The van der Waals surface area contributed by atoms with Gasteiger partial charge in [-0.15, -0.1) is 0 Å². The summed E-state index contributed by atoms with van der Waals surface area (Å²) in [6, 6.07) is 0. The predicted molar refractivity (Wildman–Crippen MR) is 43.0 cm³/mol. The molecule has 0 unspecified atom stereocenters. The Morgan fingerprint density at radius 1 is 0.667 bits per heavy atom. The molecule has 10 nitrogen and oxygen atoms in total. The third-order valence-electron chi connectivity index (χ3n) is 0. The Hall–Kier alpha value is -0.781. The van der Waals surface area contributed by atoms with Crippen molar-refractivity contribution < 1.29 is 69.7 Å². The summed E-state index contributed by atoms with van der Waals surface area (Å²) in [7, 11) is 0. The van der Waals surface area contributed by atoms with Crippen LogP contribution in [0, 0.1) is 0 Å². The third-order valence-corrected chi connectivity index (χ3v) is 0. The van der Waals surface area contributed by atoms with Crippen molar-refractivity contribution >= 4 is 11.9 Å². The van der Waals surface area contributed by atoms with Gasteiger partial charge in [-0.25, -0.2) is 0 Å². The number of carboxylic acid groups (broad SMARTS) is 2. The van der Waals surface area contributed by atoms with E-state index in [4.69, 9.17) is 19.8 Å². The smallest absolute Gasteiger partial charge is 0.550 e. The summed E-state index contributed by atoms with van der Waals surface area (Å²) < 4.78 is 0. The Labute approximate surface area is 96.2 Å². The van der Waals surface area contributed by atoms with Crippen LogP contribution >= 0.6 is 0 Å². The molecule has 0 bridgehead atoms. The molecule has 0 atom stereocenters. The van der Waals surface area contributed by atoms with Crippen LogP contribution in [0.2, 0.25) is 0 Å². The summed E-state index contributed by atoms with van der Waals surface area (Å²) >= 11 is 0. The molecule has 0 aromatic carbocycles. The number of carbonyl (C=O) groups excluding carboxylic acids is 2. The first kappa shape index (κ1) is 91.2. The van der Waals surface area contributed by atoms with Gasteiger partial charge < -0.3 is 52.7 Å². The molecule has 0 heterocycles. The van der Waals surface area contributed by atoms with Crippen LogP contribution in [0.3, 0.4) is 0 Å². The molecule has 11 heteroatoms. The van der Waals surface area contributed by atoms with Crippen LogP contribution in [0.15, 0.2) is 0 Å². The maximum atomic E-state index is 8.89. The zero-order chi connectivity index (χ0) is 7.15. The van der Waals surface area contributed by atoms with Crippen LogP contribution < -0.4 is 10.2 Å². The first-order valence-corrected chi connectivity index (χ1v) is 1.82. The molecule has 0 saturated heterocycles. The van der Waals surface area contributed by atoms with Crippen molar-refractivity contribution in [3.8, 4) is 0 Å². The Bertz CT molecular complexity index is 75.4. The second-order valence-corrected chi connectivity index (χ2v) is 0.983. The summed E-state index contributed by atoms with van der Waals surface area (Å²) in [6.07, 6.45) is 0. The van der Waals surface area contributed by atoms with E-state index in [9.17, 15) is 0 Å². The average Bonchev–Trinajstić information content (AvgIpc) is 1.25. The number of hydrogen-bond donors (Lipinski definition) is 0. The van der Waals surface area contributed by atoms with Crippen LogP contribution in [0.25, 0.3) is 0 Å². The van der Waals surface area contributed by atoms with E-state index in [0.717, 1.165) is 13.8 Å². The standard InChI is InChI=1S/2C2H4O2.Cu.6H2O/c2*1-2(3)4;;;;;;;/h2*1H3,(H,3,4);;6*1H2/q;;+2;;;;;;/p-2. The Morgan fingerprint density at radius 2 is 0.667 bits per heavy atom. The molecule has 1 radical (unpaired) electrons. The number of hydrogen-bond acceptors (Lipinski definition) is 4. The van der Waals surface area contributed by atoms with Gasteiger partial charge in [-0.2, -0.15) is 0 Å². The molecular formula is C4H18CuO10. The third kappa shape index (κ3) is 2730. The van der Waals surface area contributed by atoms with E-state index < -0.39 is 11.9 Å². The molecule has 0 spiro atoms. The van der Waals surface area contributed by atoms with Crippen LogP contribution in [0.5, 0.6) is 0 Å². The van der Waals surface area contributed by atoms with Crippen LogP contribution in [-0.2, 0) is 26.7 Å². The molecule has 105 valence electrons. The van der Waals surface area contributed by atoms with Gasteiger partial charge in [0.25, 0.3) is 0 Å². The van der Waals surface area contributed by atoms with Gasteiger partial charge in [0.15, 0.2) is 0 Å². The average molecular weight is 290 g/mol. The van der Waals surface area contributed by atoms with Gasteiger partial charge in [0.2, 0.25) is 0 Å². The minimum Gasteiger partial charge on any atom is -0.550 e. The summed E-state index contributed by atoms with van der Waals surface area (Å²) in [5.41, 5.74) is 0. The number of aliphatic carboxylic acids is 2. The van der Waals surface area contributed by atoms with Crippen LogP contribution in [0.4, 0.5) is 0 Å². The molecule has 12 N–H and O–H groups in total. The SMILES string of the molecule is CC(=O)[O-].CC(=O)[O-].O.O.O.O.O.O.[Cu+2]. The van der Waals surface area contributed by atoms with Crippen molar-refractivity contribution in [3.05, 3.63) is 0 Å². The molecular weight excluding hydrogens is 272 g/mol. The maximum Gasteiger partial charge on any atom is 2.00 e. The molecule has 0 amide bonds. The predicted octanol–water partition coefficient (Wildman–Crippen LogP) is -7.44. The quantitative estimate of drug-likeness (QED) is 0.392. The molecule has 0 aromatic heterocycles. The van der Waals surface area contributed by atoms with E-state index in [1.807, 2.05) is 0 Å². The largest absolute Gasteiger partial charge is 2.00 e. The molecule has 0 rings (SSSR count). The summed E-state index contributed by atoms with van der Waals surface area (Å²) in [5, 5.41) is 17.8. The van der Waals surface area contributed by atoms with E-state index in [1.54, 1.807) is 0 Å². The molecule has 0 saturated carbocycles. The van der Waals surface area contributed by atoms with E-state index in [-0.39, 0.29) is 49.9 Å². The molecule has 0 aliphatic rings. The summed E-state index contributed by atoms with van der Waals surface area (Å²) in [5.74, 6) is -2.17. The monoisotopic (exact) mass is 289 g/mol. The minimum absolute atomic E-state index is 0. The second-order valence-electron chi connectivity index (χ2n) is 0.983. The van der Waals surface area contributed by atoms with Gasteiger partial charge in [0.1, 0.15) is 0 Å². The fourth-order valence-corrected chi connectivity index (χ4v) is 0. The zero-order valence-electron chi connectivity index (χ0n) is 7.93. The fourth-order valence-electron chi connectivity index (χ4n) is 0. The zero-order valence-corrected chi connectivity index (χ0v) is 8.88. The molecule has 0 aromatic rings. The van der Waals surface area contributed by atoms with E-state index in [0.29, 0.717) is 0 Å². The van der Waals surface area contributed by atoms with Crippen molar-refractivity contribution in [2.24, 2.45) is 0 Å². The van der Waals surface area contributed by atoms with Gasteiger partial charge >= 0.3 is 17.1 Å². The van der Waals surface area contributed by atoms with E-state index in [1.165, 1.54) is 0 Å². The van der Waals surface area contributed by atoms with E-state index >= 15 is 0 Å². The molecule has 15 heavy (non-hydrogen) atoms. The van der Waals surface area contributed by atoms with Gasteiger partial charge in [-0.3, -0.25) is 0 Å². The maximum absolute atomic E-state index is 8.89. The number of carboxylic acids is 2. The van der Waals surface area contributed by atoms with Crippen molar-refractivity contribution in [1.29, 1.82) is 0 Å². The first-order chi connectivity index (χ1) is 3.46. The Morgan fingerprint density at radius 3 is 0.667 bits per heavy atom. The van der Waals surface area contributed by atoms with Crippen molar-refractivity contribution in [2.45, 2.75) is 13.8 Å². The Balaban J connectivity index is -0.00000000468. The van der Waals surface area contributed by atoms with Gasteiger partial charge in [-0.1, -0.05) is 0 Å². The van der Waals surface area contributed by atoms with Gasteiger partial charge in [-0.05, 0) is 13.8 Å². The van der Waals surface area contributed by atoms with Gasteiger partial charge in [0, 0.05) is 11.9 Å². The van der Waals surface area contributed by atoms with Gasteiger partial charge in [0.05, 0.1) is 0 Å². The van der Waals surface area contributed by atoms with Crippen LogP contribution in [-0.4, -0.2) is 44.8 Å². The topological polar surface area (TPSA) is 269 Å². The summed E-state index contributed by atoms with van der Waals surface area (Å²) in [6.45, 7) is 1.94.